The van der Waals surface area contributed by atoms with Gasteiger partial charge in [-0.2, -0.15) is 0 Å². The van der Waals surface area contributed by atoms with Crippen molar-refractivity contribution >= 4 is 11.6 Å². The van der Waals surface area contributed by atoms with Gasteiger partial charge >= 0.3 is 0 Å². The van der Waals surface area contributed by atoms with Crippen molar-refractivity contribution < 1.29 is 29.1 Å². The molecule has 0 saturated heterocycles. The summed E-state index contributed by atoms with van der Waals surface area (Å²) >= 11 is 0. The van der Waals surface area contributed by atoms with Crippen molar-refractivity contribution in [2.24, 2.45) is 0 Å². The minimum atomic E-state index is -0.233. The maximum Gasteiger partial charge on any atom is 0.0768 e. The van der Waals surface area contributed by atoms with Gasteiger partial charge in [-0.15, -0.1) is 24.1 Å². The Morgan fingerprint density at radius 3 is 2.15 bits per heavy atom. The Hall–Kier alpha value is -0.947. The maximum absolute atomic E-state index is 11.2. The fourth-order valence-corrected chi connectivity index (χ4v) is 0.870. The van der Waals surface area contributed by atoms with Crippen LogP contribution < -0.4 is 0 Å². The Labute approximate surface area is 90.1 Å². The van der Waals surface area contributed by atoms with Gasteiger partial charge in [0.2, 0.25) is 0 Å². The van der Waals surface area contributed by atoms with Crippen LogP contribution in [0.15, 0.2) is 30.3 Å². The summed E-state index contributed by atoms with van der Waals surface area (Å²) in [5, 5.41) is 0. The van der Waals surface area contributed by atoms with Crippen LogP contribution in [0.1, 0.15) is 17.3 Å². The Balaban J connectivity index is 0.00000144. The minimum absolute atomic E-state index is 0. The van der Waals surface area contributed by atoms with E-state index in [1.807, 2.05) is 6.07 Å². The van der Waals surface area contributed by atoms with Gasteiger partial charge in [0.1, 0.15) is 0 Å². The number of ketones is 2. The zero-order chi connectivity index (χ0) is 8.97. The normalized spacial score (nSPS) is 8.38. The number of hydrogen-bond acceptors (Lipinski definition) is 2. The van der Waals surface area contributed by atoms with E-state index in [1.165, 1.54) is 6.92 Å². The zero-order valence-corrected chi connectivity index (χ0v) is 10.5. The van der Waals surface area contributed by atoms with Gasteiger partial charge in [0.15, 0.2) is 0 Å². The summed E-state index contributed by atoms with van der Waals surface area (Å²) in [7, 11) is 0. The molecule has 0 amide bonds. The van der Waals surface area contributed by atoms with Gasteiger partial charge in [0.05, 0.1) is 5.78 Å². The first-order valence-electron chi connectivity index (χ1n) is 3.65. The third kappa shape index (κ3) is 4.00. The summed E-state index contributed by atoms with van der Waals surface area (Å²) in [6.45, 7) is 1.36. The molecule has 0 fully saturated rings. The molecule has 1 aromatic carbocycles. The van der Waals surface area contributed by atoms with Gasteiger partial charge in [-0.3, -0.25) is 0 Å². The van der Waals surface area contributed by atoms with E-state index in [4.69, 9.17) is 0 Å². The molecule has 0 saturated carbocycles. The molecule has 0 N–H and O–H groups in total. The summed E-state index contributed by atoms with van der Waals surface area (Å²) in [6, 6.07) is 8.72. The first kappa shape index (κ1) is 12.1. The van der Waals surface area contributed by atoms with E-state index in [1.54, 1.807) is 24.3 Å². The van der Waals surface area contributed by atoms with Crippen LogP contribution in [0.5, 0.6) is 0 Å². The van der Waals surface area contributed by atoms with Crippen molar-refractivity contribution in [3.05, 3.63) is 42.3 Å². The van der Waals surface area contributed by atoms with Crippen molar-refractivity contribution in [1.82, 2.24) is 0 Å². The topological polar surface area (TPSA) is 34.1 Å². The van der Waals surface area contributed by atoms with Crippen LogP contribution in [0.3, 0.4) is 0 Å². The van der Waals surface area contributed by atoms with Crippen LogP contribution in [0.2, 0.25) is 0 Å². The molecule has 0 spiro atoms. The molecular formula is C10H9O2Zn-. The van der Waals surface area contributed by atoms with Crippen LogP contribution in [0, 0.1) is 6.42 Å². The quantitative estimate of drug-likeness (QED) is 0.340. The first-order chi connectivity index (χ1) is 5.70. The molecule has 2 nitrogen and oxygen atoms in total. The SMILES string of the molecule is CC(=O)[CH-]C(=O)c1ccccc1.[Zn]. The van der Waals surface area contributed by atoms with Gasteiger partial charge < -0.3 is 9.59 Å². The Morgan fingerprint density at radius 2 is 1.69 bits per heavy atom. The summed E-state index contributed by atoms with van der Waals surface area (Å²) in [6.07, 6.45) is 1.09. The summed E-state index contributed by atoms with van der Waals surface area (Å²) in [5.74, 6) is -0.452. The molecule has 0 radical (unpaired) electrons. The van der Waals surface area contributed by atoms with Crippen LogP contribution in [0.25, 0.3) is 0 Å². The molecule has 0 bridgehead atoms. The van der Waals surface area contributed by atoms with Crippen molar-refractivity contribution in [3.8, 4) is 0 Å². The smallest absolute Gasteiger partial charge is 0.0768 e. The van der Waals surface area contributed by atoms with E-state index in [2.05, 4.69) is 0 Å². The standard InChI is InChI=1S/C10H9O2.Zn/c1-8(11)7-10(12)9-5-3-2-4-6-9;/h2-7H,1H3;/q-1;. The van der Waals surface area contributed by atoms with E-state index in [-0.39, 0.29) is 31.0 Å². The molecule has 0 aliphatic rings. The molecule has 0 atom stereocenters. The molecular weight excluding hydrogens is 217 g/mol. The monoisotopic (exact) mass is 225 g/mol. The van der Waals surface area contributed by atoms with Crippen molar-refractivity contribution in [3.63, 3.8) is 0 Å². The fraction of sp³-hybridized carbons (Fsp3) is 0.100. The number of hydrogen-bond donors (Lipinski definition) is 0. The number of carbonyl (C=O) groups is 2. The summed E-state index contributed by atoms with van der Waals surface area (Å²) < 4.78 is 0. The molecule has 0 aliphatic carbocycles. The minimum Gasteiger partial charge on any atom is -0.331 e. The van der Waals surface area contributed by atoms with E-state index in [0.29, 0.717) is 5.56 Å². The van der Waals surface area contributed by atoms with Crippen LogP contribution in [-0.2, 0) is 24.3 Å². The Bertz CT molecular complexity index is 293. The summed E-state index contributed by atoms with van der Waals surface area (Å²) in [5.41, 5.74) is 0.549. The molecule has 1 aromatic rings. The fourth-order valence-electron chi connectivity index (χ4n) is 0.870. The molecule has 13 heavy (non-hydrogen) atoms. The number of Topliss-reactive ketones (excluding diaryl/α,β-unsaturated/α-hetero) is 2. The van der Waals surface area contributed by atoms with Crippen molar-refractivity contribution in [2.75, 3.05) is 0 Å². The Morgan fingerprint density at radius 1 is 1.15 bits per heavy atom. The van der Waals surface area contributed by atoms with Crippen LogP contribution in [-0.4, -0.2) is 11.6 Å². The average Bonchev–Trinajstić information content (AvgIpc) is 2.05. The van der Waals surface area contributed by atoms with Crippen LogP contribution >= 0.6 is 0 Å². The second kappa shape index (κ2) is 5.66. The van der Waals surface area contributed by atoms with Gasteiger partial charge in [-0.1, -0.05) is 18.2 Å². The maximum atomic E-state index is 11.2. The van der Waals surface area contributed by atoms with Crippen molar-refractivity contribution in [1.29, 1.82) is 0 Å². The third-order valence-corrected chi connectivity index (χ3v) is 1.39. The second-order valence-electron chi connectivity index (χ2n) is 2.49. The molecule has 3 heteroatoms. The van der Waals surface area contributed by atoms with Crippen LogP contribution in [0.4, 0.5) is 0 Å². The summed E-state index contributed by atoms with van der Waals surface area (Å²) in [4.78, 5) is 21.7. The van der Waals surface area contributed by atoms with Gasteiger partial charge in [-0.05, 0) is 6.92 Å². The van der Waals surface area contributed by atoms with Gasteiger partial charge in [0.25, 0.3) is 0 Å². The zero-order valence-electron chi connectivity index (χ0n) is 7.49. The number of carbonyl (C=O) groups excluding carboxylic acids is 2. The molecule has 0 heterocycles. The molecule has 1 rings (SSSR count). The predicted molar refractivity (Wildman–Crippen MR) is 45.8 cm³/mol. The van der Waals surface area contributed by atoms with Crippen molar-refractivity contribution in [2.45, 2.75) is 6.92 Å². The van der Waals surface area contributed by atoms with E-state index in [9.17, 15) is 9.59 Å². The molecule has 0 unspecified atom stereocenters. The molecule has 0 aliphatic heterocycles. The second-order valence-corrected chi connectivity index (χ2v) is 2.49. The Kier molecular flexibility index (Phi) is 5.24. The first-order valence-corrected chi connectivity index (χ1v) is 3.65. The van der Waals surface area contributed by atoms with Gasteiger partial charge in [0, 0.05) is 25.3 Å². The number of benzene rings is 1. The van der Waals surface area contributed by atoms with E-state index in [0.717, 1.165) is 6.42 Å². The molecule has 0 aromatic heterocycles. The van der Waals surface area contributed by atoms with E-state index >= 15 is 0 Å². The van der Waals surface area contributed by atoms with Gasteiger partial charge in [-0.25, -0.2) is 0 Å². The van der Waals surface area contributed by atoms with E-state index < -0.39 is 0 Å². The molecule has 64 valence electrons. The average molecular weight is 227 g/mol. The predicted octanol–water partition coefficient (Wildman–Crippen LogP) is 1.66. The largest absolute Gasteiger partial charge is 0.331 e. The third-order valence-electron chi connectivity index (χ3n) is 1.39. The number of rotatable bonds is 3.